The van der Waals surface area contributed by atoms with Crippen LogP contribution in [0.15, 0.2) is 0 Å². The topological polar surface area (TPSA) is 35.6 Å². The molecule has 1 aliphatic rings. The number of likely N-dealkylation sites (N-methyl/N-ethyl adjacent to an activating group) is 1. The highest BCUT2D eigenvalue weighted by molar-refractivity contribution is 5.78. The summed E-state index contributed by atoms with van der Waals surface area (Å²) in [6, 6.07) is 0.941. The molecule has 0 atom stereocenters. The highest BCUT2D eigenvalue weighted by Gasteiger charge is 2.21. The summed E-state index contributed by atoms with van der Waals surface area (Å²) in [5.41, 5.74) is 0. The normalized spacial score (nSPS) is 18.6. The van der Waals surface area contributed by atoms with Crippen LogP contribution < -0.4 is 5.32 Å². The molecular weight excluding hydrogens is 214 g/mol. The number of hydrogen-bond acceptors (Lipinski definition) is 3. The second kappa shape index (κ2) is 6.97. The van der Waals surface area contributed by atoms with E-state index in [4.69, 9.17) is 0 Å². The minimum absolute atomic E-state index is 0.238. The highest BCUT2D eigenvalue weighted by atomic mass is 16.2. The largest absolute Gasteiger partial charge is 0.342 e. The molecule has 0 saturated carbocycles. The van der Waals surface area contributed by atoms with E-state index in [2.05, 4.69) is 31.0 Å². The summed E-state index contributed by atoms with van der Waals surface area (Å²) >= 11 is 0. The van der Waals surface area contributed by atoms with Crippen LogP contribution in [0.3, 0.4) is 0 Å². The maximum absolute atomic E-state index is 11.9. The van der Waals surface area contributed by atoms with Crippen LogP contribution >= 0.6 is 0 Å². The number of likely N-dealkylation sites (tertiary alicyclic amines) is 1. The zero-order chi connectivity index (χ0) is 12.8. The highest BCUT2D eigenvalue weighted by Crippen LogP contribution is 2.10. The van der Waals surface area contributed by atoms with Crippen LogP contribution in [0.5, 0.6) is 0 Å². The molecule has 0 spiro atoms. The van der Waals surface area contributed by atoms with Gasteiger partial charge in [-0.25, -0.2) is 0 Å². The number of nitrogens with one attached hydrogen (secondary N) is 1. The van der Waals surface area contributed by atoms with Crippen molar-refractivity contribution in [1.82, 2.24) is 15.1 Å². The van der Waals surface area contributed by atoms with Gasteiger partial charge in [-0.3, -0.25) is 9.69 Å². The Hall–Kier alpha value is -0.610. The third-order valence-corrected chi connectivity index (χ3v) is 3.61. The lowest BCUT2D eigenvalue weighted by atomic mass is 10.1. The molecule has 0 aromatic rings. The standard InChI is InChI=1S/C13H27N3O/c1-5-14-12-6-8-16(9-7-12)10-13(17)15(4)11(2)3/h11-12,14H,5-10H2,1-4H3. The predicted molar refractivity (Wildman–Crippen MR) is 71.0 cm³/mol. The van der Waals surface area contributed by atoms with E-state index in [1.54, 1.807) is 0 Å². The molecule has 0 radical (unpaired) electrons. The number of nitrogens with zero attached hydrogens (tertiary/aromatic N) is 2. The number of piperidine rings is 1. The molecule has 1 aliphatic heterocycles. The van der Waals surface area contributed by atoms with Crippen molar-refractivity contribution >= 4 is 5.91 Å². The van der Waals surface area contributed by atoms with Gasteiger partial charge in [-0.05, 0) is 33.2 Å². The zero-order valence-electron chi connectivity index (χ0n) is 11.7. The molecule has 1 heterocycles. The van der Waals surface area contributed by atoms with Gasteiger partial charge in [0.1, 0.15) is 0 Å². The molecule has 1 fully saturated rings. The number of amides is 1. The minimum Gasteiger partial charge on any atom is -0.342 e. The summed E-state index contributed by atoms with van der Waals surface area (Å²) in [6.45, 7) is 9.94. The van der Waals surface area contributed by atoms with Gasteiger partial charge in [0.05, 0.1) is 6.54 Å². The van der Waals surface area contributed by atoms with Gasteiger partial charge in [0.2, 0.25) is 5.91 Å². The van der Waals surface area contributed by atoms with Crippen LogP contribution in [0.1, 0.15) is 33.6 Å². The Morgan fingerprint density at radius 2 is 2.00 bits per heavy atom. The van der Waals surface area contributed by atoms with Gasteiger partial charge in [0.15, 0.2) is 0 Å². The number of carbonyl (C=O) groups is 1. The average Bonchev–Trinajstić information content (AvgIpc) is 2.30. The van der Waals surface area contributed by atoms with Crippen molar-refractivity contribution in [3.05, 3.63) is 0 Å². The molecule has 100 valence electrons. The fourth-order valence-electron chi connectivity index (χ4n) is 2.17. The summed E-state index contributed by atoms with van der Waals surface area (Å²) in [6.07, 6.45) is 2.32. The smallest absolute Gasteiger partial charge is 0.236 e. The SMILES string of the molecule is CCNC1CCN(CC(=O)N(C)C(C)C)CC1. The Labute approximate surface area is 105 Å². The van der Waals surface area contributed by atoms with Crippen molar-refractivity contribution in [2.45, 2.75) is 45.7 Å². The molecule has 4 heteroatoms. The van der Waals surface area contributed by atoms with Crippen LogP contribution in [-0.2, 0) is 4.79 Å². The van der Waals surface area contributed by atoms with E-state index in [1.807, 2.05) is 11.9 Å². The fourth-order valence-corrected chi connectivity index (χ4v) is 2.17. The van der Waals surface area contributed by atoms with Crippen molar-refractivity contribution in [2.24, 2.45) is 0 Å². The number of hydrogen-bond donors (Lipinski definition) is 1. The van der Waals surface area contributed by atoms with Gasteiger partial charge in [-0.15, -0.1) is 0 Å². The number of rotatable bonds is 5. The first-order valence-electron chi connectivity index (χ1n) is 6.76. The summed E-state index contributed by atoms with van der Waals surface area (Å²) in [5.74, 6) is 0.238. The van der Waals surface area contributed by atoms with Gasteiger partial charge >= 0.3 is 0 Å². The summed E-state index contributed by atoms with van der Waals surface area (Å²) in [7, 11) is 1.89. The van der Waals surface area contributed by atoms with Crippen LogP contribution in [-0.4, -0.2) is 61.0 Å². The molecule has 1 amide bonds. The third-order valence-electron chi connectivity index (χ3n) is 3.61. The molecule has 0 bridgehead atoms. The second-order valence-electron chi connectivity index (χ2n) is 5.21. The summed E-state index contributed by atoms with van der Waals surface area (Å²) in [4.78, 5) is 16.0. The first kappa shape index (κ1) is 14.5. The molecule has 0 aromatic heterocycles. The van der Waals surface area contributed by atoms with Crippen LogP contribution in [0.25, 0.3) is 0 Å². The zero-order valence-corrected chi connectivity index (χ0v) is 11.7. The van der Waals surface area contributed by atoms with Gasteiger partial charge in [0.25, 0.3) is 0 Å². The van der Waals surface area contributed by atoms with Crippen molar-refractivity contribution in [2.75, 3.05) is 33.2 Å². The molecule has 0 aliphatic carbocycles. The van der Waals surface area contributed by atoms with E-state index >= 15 is 0 Å². The maximum atomic E-state index is 11.9. The first-order chi connectivity index (χ1) is 8.04. The Morgan fingerprint density at radius 3 is 2.47 bits per heavy atom. The minimum atomic E-state index is 0.238. The van der Waals surface area contributed by atoms with E-state index in [1.165, 1.54) is 0 Å². The first-order valence-corrected chi connectivity index (χ1v) is 6.76. The van der Waals surface area contributed by atoms with Crippen LogP contribution in [0, 0.1) is 0 Å². The van der Waals surface area contributed by atoms with Gasteiger partial charge in [0, 0.05) is 32.2 Å². The lowest BCUT2D eigenvalue weighted by molar-refractivity contribution is -0.132. The average molecular weight is 241 g/mol. The molecule has 17 heavy (non-hydrogen) atoms. The molecule has 0 aromatic carbocycles. The van der Waals surface area contributed by atoms with Crippen molar-refractivity contribution in [3.63, 3.8) is 0 Å². The van der Waals surface area contributed by atoms with Gasteiger partial charge < -0.3 is 10.2 Å². The Morgan fingerprint density at radius 1 is 1.41 bits per heavy atom. The Kier molecular flexibility index (Phi) is 5.92. The summed E-state index contributed by atoms with van der Waals surface area (Å²) < 4.78 is 0. The fraction of sp³-hybridized carbons (Fsp3) is 0.923. The lowest BCUT2D eigenvalue weighted by Gasteiger charge is -2.33. The van der Waals surface area contributed by atoms with Crippen molar-refractivity contribution < 1.29 is 4.79 Å². The van der Waals surface area contributed by atoms with E-state index < -0.39 is 0 Å². The van der Waals surface area contributed by atoms with Crippen LogP contribution in [0.4, 0.5) is 0 Å². The molecular formula is C13H27N3O. The summed E-state index contributed by atoms with van der Waals surface area (Å²) in [5, 5.41) is 3.48. The second-order valence-corrected chi connectivity index (χ2v) is 5.21. The number of carbonyl (C=O) groups excluding carboxylic acids is 1. The Balaban J connectivity index is 2.28. The third kappa shape index (κ3) is 4.64. The molecule has 0 unspecified atom stereocenters. The molecule has 1 saturated heterocycles. The van der Waals surface area contributed by atoms with Gasteiger partial charge in [-0.2, -0.15) is 0 Å². The molecule has 1 N–H and O–H groups in total. The van der Waals surface area contributed by atoms with Crippen LogP contribution in [0.2, 0.25) is 0 Å². The lowest BCUT2D eigenvalue weighted by Crippen LogP contribution is -2.47. The monoisotopic (exact) mass is 241 g/mol. The molecule has 4 nitrogen and oxygen atoms in total. The van der Waals surface area contributed by atoms with E-state index in [0.29, 0.717) is 18.6 Å². The van der Waals surface area contributed by atoms with E-state index in [9.17, 15) is 4.79 Å². The maximum Gasteiger partial charge on any atom is 0.236 e. The molecule has 1 rings (SSSR count). The van der Waals surface area contributed by atoms with E-state index in [-0.39, 0.29) is 5.91 Å². The quantitative estimate of drug-likeness (QED) is 0.778. The van der Waals surface area contributed by atoms with Crippen molar-refractivity contribution in [3.8, 4) is 0 Å². The predicted octanol–water partition coefficient (Wildman–Crippen LogP) is 0.927. The van der Waals surface area contributed by atoms with Gasteiger partial charge in [-0.1, -0.05) is 6.92 Å². The van der Waals surface area contributed by atoms with Crippen molar-refractivity contribution in [1.29, 1.82) is 0 Å². The van der Waals surface area contributed by atoms with E-state index in [0.717, 1.165) is 32.5 Å². The Bertz CT molecular complexity index is 235.